The Kier molecular flexibility index (Phi) is 7.71. The fourth-order valence-electron chi connectivity index (χ4n) is 3.75. The number of carbonyl (C=O) groups is 2. The molecule has 4 rings (SSSR count). The first-order valence-corrected chi connectivity index (χ1v) is 11.7. The van der Waals surface area contributed by atoms with Gasteiger partial charge in [-0.15, -0.1) is 0 Å². The van der Waals surface area contributed by atoms with Gasteiger partial charge in [0.05, 0.1) is 22.4 Å². The molecular formula is C28H23ClFN3O3. The Morgan fingerprint density at radius 3 is 2.31 bits per heavy atom. The van der Waals surface area contributed by atoms with Gasteiger partial charge in [0.25, 0.3) is 5.91 Å². The molecular weight excluding hydrogens is 481 g/mol. The van der Waals surface area contributed by atoms with Gasteiger partial charge in [0.1, 0.15) is 5.82 Å². The summed E-state index contributed by atoms with van der Waals surface area (Å²) in [7, 11) is 0. The predicted octanol–water partition coefficient (Wildman–Crippen LogP) is 6.29. The molecule has 0 atom stereocenters. The molecule has 8 heteroatoms. The minimum atomic E-state index is -0.853. The Bertz CT molecular complexity index is 1440. The number of nitrogens with zero attached hydrogens (tertiary/aromatic N) is 2. The summed E-state index contributed by atoms with van der Waals surface area (Å²) in [6, 6.07) is 18.0. The van der Waals surface area contributed by atoms with Crippen LogP contribution in [0.3, 0.4) is 0 Å². The Morgan fingerprint density at radius 2 is 1.61 bits per heavy atom. The number of benzene rings is 3. The molecule has 1 aromatic heterocycles. The van der Waals surface area contributed by atoms with Crippen molar-refractivity contribution in [2.75, 3.05) is 0 Å². The number of carboxylic acids is 1. The second-order valence-corrected chi connectivity index (χ2v) is 8.71. The molecule has 0 radical (unpaired) electrons. The molecule has 1 heterocycles. The molecule has 6 nitrogen and oxygen atoms in total. The van der Waals surface area contributed by atoms with Gasteiger partial charge >= 0.3 is 5.97 Å². The molecule has 0 aliphatic carbocycles. The van der Waals surface area contributed by atoms with E-state index in [1.807, 2.05) is 0 Å². The van der Waals surface area contributed by atoms with Crippen LogP contribution in [0.25, 0.3) is 28.0 Å². The van der Waals surface area contributed by atoms with Crippen LogP contribution in [-0.4, -0.2) is 27.0 Å². The van der Waals surface area contributed by atoms with Crippen LogP contribution in [0, 0.1) is 5.82 Å². The molecule has 0 saturated carbocycles. The summed E-state index contributed by atoms with van der Waals surface area (Å²) >= 11 is 5.92. The minimum absolute atomic E-state index is 0.0642. The van der Waals surface area contributed by atoms with E-state index >= 15 is 0 Å². The fourth-order valence-corrected chi connectivity index (χ4v) is 3.87. The van der Waals surface area contributed by atoms with Crippen LogP contribution >= 0.6 is 11.6 Å². The van der Waals surface area contributed by atoms with Crippen LogP contribution in [0.15, 0.2) is 73.3 Å². The summed E-state index contributed by atoms with van der Waals surface area (Å²) in [6.45, 7) is 3.93. The predicted molar refractivity (Wildman–Crippen MR) is 138 cm³/mol. The largest absolute Gasteiger partial charge is 0.481 e. The van der Waals surface area contributed by atoms with Crippen molar-refractivity contribution >= 4 is 40.2 Å². The maximum Gasteiger partial charge on any atom is 0.303 e. The lowest BCUT2D eigenvalue weighted by atomic mass is 10.0. The number of aliphatic carboxylic acids is 1. The molecule has 0 bridgehead atoms. The normalized spacial score (nSPS) is 10.8. The molecule has 182 valence electrons. The van der Waals surface area contributed by atoms with Crippen molar-refractivity contribution in [1.82, 2.24) is 15.3 Å². The number of rotatable bonds is 9. The van der Waals surface area contributed by atoms with Gasteiger partial charge in [0.2, 0.25) is 0 Å². The lowest BCUT2D eigenvalue weighted by Gasteiger charge is -2.12. The maximum atomic E-state index is 13.5. The van der Waals surface area contributed by atoms with Crippen LogP contribution in [0.2, 0.25) is 5.02 Å². The molecule has 0 unspecified atom stereocenters. The molecule has 3 aromatic carbocycles. The third-order valence-corrected chi connectivity index (χ3v) is 5.88. The van der Waals surface area contributed by atoms with Crippen LogP contribution in [-0.2, 0) is 11.2 Å². The quantitative estimate of drug-likeness (QED) is 0.262. The van der Waals surface area contributed by atoms with E-state index < -0.39 is 5.97 Å². The van der Waals surface area contributed by atoms with Crippen LogP contribution in [0.5, 0.6) is 0 Å². The number of aromatic nitrogens is 2. The van der Waals surface area contributed by atoms with E-state index in [1.54, 1.807) is 54.6 Å². The number of amides is 1. The number of hydrogen-bond donors (Lipinski definition) is 2. The Hall–Kier alpha value is -4.10. The Morgan fingerprint density at radius 1 is 0.917 bits per heavy atom. The number of nitrogens with one attached hydrogen (secondary N) is 1. The number of hydrogen-bond acceptors (Lipinski definition) is 4. The average molecular weight is 504 g/mol. The van der Waals surface area contributed by atoms with Crippen molar-refractivity contribution in [2.24, 2.45) is 0 Å². The highest BCUT2D eigenvalue weighted by atomic mass is 35.5. The summed E-state index contributed by atoms with van der Waals surface area (Å²) in [6.07, 6.45) is 1.65. The Labute approximate surface area is 212 Å². The van der Waals surface area contributed by atoms with Crippen LogP contribution in [0.4, 0.5) is 4.39 Å². The Balaban J connectivity index is 1.62. The summed E-state index contributed by atoms with van der Waals surface area (Å²) in [5, 5.41) is 12.3. The van der Waals surface area contributed by atoms with Crippen molar-refractivity contribution in [3.8, 4) is 11.3 Å². The number of halogens is 2. The van der Waals surface area contributed by atoms with Gasteiger partial charge in [-0.2, -0.15) is 0 Å². The zero-order chi connectivity index (χ0) is 25.7. The van der Waals surface area contributed by atoms with E-state index in [9.17, 15) is 14.0 Å². The molecule has 4 aromatic rings. The monoisotopic (exact) mass is 503 g/mol. The summed E-state index contributed by atoms with van der Waals surface area (Å²) in [5.74, 6) is -1.55. The van der Waals surface area contributed by atoms with Crippen molar-refractivity contribution in [2.45, 2.75) is 25.7 Å². The third kappa shape index (κ3) is 6.12. The van der Waals surface area contributed by atoms with Gasteiger partial charge in [-0.3, -0.25) is 9.59 Å². The number of carboxylic acid groups (broad SMARTS) is 1. The van der Waals surface area contributed by atoms with E-state index in [0.29, 0.717) is 63.5 Å². The topological polar surface area (TPSA) is 92.2 Å². The standard InChI is InChI=1S/C28H23ClFN3O3/c1-17(18-6-11-21(29)12-7-18)31-28(36)20-10-15-23-25(16-20)32-24(4-2-3-5-26(34)35)27(33-23)19-8-13-22(30)14-9-19/h6-16H,1-5H2,(H,31,36)(H,34,35). The number of fused-ring (bicyclic) bond motifs is 1. The molecule has 0 spiro atoms. The van der Waals surface area contributed by atoms with E-state index in [1.165, 1.54) is 12.1 Å². The van der Waals surface area contributed by atoms with Crippen molar-refractivity contribution in [3.05, 3.63) is 101 Å². The maximum absolute atomic E-state index is 13.5. The molecule has 0 fully saturated rings. The lowest BCUT2D eigenvalue weighted by Crippen LogP contribution is -2.21. The van der Waals surface area contributed by atoms with E-state index in [2.05, 4.69) is 11.9 Å². The molecule has 36 heavy (non-hydrogen) atoms. The number of aryl methyl sites for hydroxylation is 1. The van der Waals surface area contributed by atoms with E-state index in [4.69, 9.17) is 26.7 Å². The molecule has 0 aliphatic heterocycles. The molecule has 2 N–H and O–H groups in total. The highest BCUT2D eigenvalue weighted by molar-refractivity contribution is 6.30. The van der Waals surface area contributed by atoms with Gasteiger partial charge in [-0.1, -0.05) is 30.3 Å². The first-order chi connectivity index (χ1) is 17.3. The number of unbranched alkanes of at least 4 members (excludes halogenated alkanes) is 1. The molecule has 1 amide bonds. The highest BCUT2D eigenvalue weighted by Crippen LogP contribution is 2.26. The smallest absolute Gasteiger partial charge is 0.303 e. The number of carbonyl (C=O) groups excluding carboxylic acids is 1. The summed E-state index contributed by atoms with van der Waals surface area (Å²) < 4.78 is 13.5. The van der Waals surface area contributed by atoms with Gasteiger partial charge in [-0.25, -0.2) is 14.4 Å². The summed E-state index contributed by atoms with van der Waals surface area (Å²) in [4.78, 5) is 33.3. The molecule has 0 aliphatic rings. The van der Waals surface area contributed by atoms with Crippen LogP contribution < -0.4 is 5.32 Å². The van der Waals surface area contributed by atoms with Crippen LogP contribution in [0.1, 0.15) is 40.9 Å². The van der Waals surface area contributed by atoms with Gasteiger partial charge < -0.3 is 10.4 Å². The zero-order valence-corrected chi connectivity index (χ0v) is 20.1. The van der Waals surface area contributed by atoms with Crippen molar-refractivity contribution in [1.29, 1.82) is 0 Å². The first kappa shape index (κ1) is 25.0. The second kappa shape index (κ2) is 11.1. The van der Waals surface area contributed by atoms with E-state index in [0.717, 1.165) is 5.56 Å². The van der Waals surface area contributed by atoms with Crippen molar-refractivity contribution in [3.63, 3.8) is 0 Å². The lowest BCUT2D eigenvalue weighted by molar-refractivity contribution is -0.137. The average Bonchev–Trinajstić information content (AvgIpc) is 2.86. The highest BCUT2D eigenvalue weighted by Gasteiger charge is 2.15. The minimum Gasteiger partial charge on any atom is -0.481 e. The van der Waals surface area contributed by atoms with Gasteiger partial charge in [0.15, 0.2) is 0 Å². The fraction of sp³-hybridized carbons (Fsp3) is 0.143. The summed E-state index contributed by atoms with van der Waals surface area (Å²) in [5.41, 5.74) is 4.64. The third-order valence-electron chi connectivity index (χ3n) is 5.63. The first-order valence-electron chi connectivity index (χ1n) is 11.3. The zero-order valence-electron chi connectivity index (χ0n) is 19.3. The van der Waals surface area contributed by atoms with Gasteiger partial charge in [0, 0.05) is 28.3 Å². The van der Waals surface area contributed by atoms with E-state index in [-0.39, 0.29) is 18.1 Å². The second-order valence-electron chi connectivity index (χ2n) is 8.27. The molecule has 0 saturated heterocycles. The van der Waals surface area contributed by atoms with Gasteiger partial charge in [-0.05, 0) is 79.4 Å². The SMILES string of the molecule is C=C(NC(=O)c1ccc2nc(-c3ccc(F)cc3)c(CCCCC(=O)O)nc2c1)c1ccc(Cl)cc1. The van der Waals surface area contributed by atoms with Crippen molar-refractivity contribution < 1.29 is 19.1 Å².